The first kappa shape index (κ1) is 21.2. The number of anilines is 1. The molecule has 2 rings (SSSR count). The average molecular weight is 386 g/mol. The SMILES string of the molecule is Cc1cccc(C)c1NC(=O)CN1CCN(CC(=O)NCC(F)(F)F)CC1. The minimum absolute atomic E-state index is 0.0709. The summed E-state index contributed by atoms with van der Waals surface area (Å²) in [7, 11) is 0. The highest BCUT2D eigenvalue weighted by Gasteiger charge is 2.28. The van der Waals surface area contributed by atoms with Crippen molar-refractivity contribution in [1.82, 2.24) is 15.1 Å². The zero-order chi connectivity index (χ0) is 20.0. The normalized spacial score (nSPS) is 16.2. The van der Waals surface area contributed by atoms with Crippen LogP contribution in [0.3, 0.4) is 0 Å². The summed E-state index contributed by atoms with van der Waals surface area (Å²) in [5.74, 6) is -0.752. The Morgan fingerprint density at radius 3 is 1.93 bits per heavy atom. The summed E-state index contributed by atoms with van der Waals surface area (Å²) in [5.41, 5.74) is 2.82. The fourth-order valence-corrected chi connectivity index (χ4v) is 2.96. The van der Waals surface area contributed by atoms with Gasteiger partial charge in [0.15, 0.2) is 0 Å². The van der Waals surface area contributed by atoms with Gasteiger partial charge in [-0.15, -0.1) is 0 Å². The second-order valence-electron chi connectivity index (χ2n) is 6.76. The first-order valence-corrected chi connectivity index (χ1v) is 8.78. The average Bonchev–Trinajstić information content (AvgIpc) is 2.58. The monoisotopic (exact) mass is 386 g/mol. The number of benzene rings is 1. The van der Waals surface area contributed by atoms with Crippen molar-refractivity contribution < 1.29 is 22.8 Å². The van der Waals surface area contributed by atoms with Gasteiger partial charge in [-0.25, -0.2) is 0 Å². The molecule has 1 heterocycles. The van der Waals surface area contributed by atoms with Gasteiger partial charge in [0, 0.05) is 31.9 Å². The van der Waals surface area contributed by atoms with Crippen LogP contribution in [0.4, 0.5) is 18.9 Å². The fraction of sp³-hybridized carbons (Fsp3) is 0.556. The lowest BCUT2D eigenvalue weighted by molar-refractivity contribution is -0.139. The van der Waals surface area contributed by atoms with Gasteiger partial charge in [-0.1, -0.05) is 18.2 Å². The Morgan fingerprint density at radius 2 is 1.44 bits per heavy atom. The Kier molecular flexibility index (Phi) is 7.20. The van der Waals surface area contributed by atoms with E-state index in [0.717, 1.165) is 16.8 Å². The van der Waals surface area contributed by atoms with Gasteiger partial charge < -0.3 is 10.6 Å². The predicted octanol–water partition coefficient (Wildman–Crippen LogP) is 1.54. The Balaban J connectivity index is 1.72. The van der Waals surface area contributed by atoms with Crippen molar-refractivity contribution in [3.05, 3.63) is 29.3 Å². The van der Waals surface area contributed by atoms with E-state index in [1.165, 1.54) is 0 Å². The van der Waals surface area contributed by atoms with Crippen molar-refractivity contribution in [1.29, 1.82) is 0 Å². The van der Waals surface area contributed by atoms with Crippen LogP contribution in [0.5, 0.6) is 0 Å². The molecule has 2 N–H and O–H groups in total. The van der Waals surface area contributed by atoms with Crippen molar-refractivity contribution in [2.24, 2.45) is 0 Å². The second kappa shape index (κ2) is 9.18. The largest absolute Gasteiger partial charge is 0.405 e. The number of carbonyl (C=O) groups is 2. The highest BCUT2D eigenvalue weighted by atomic mass is 19.4. The van der Waals surface area contributed by atoms with E-state index in [0.29, 0.717) is 26.2 Å². The molecule has 6 nitrogen and oxygen atoms in total. The summed E-state index contributed by atoms with van der Waals surface area (Å²) in [5, 5.41) is 4.80. The van der Waals surface area contributed by atoms with Crippen molar-refractivity contribution in [3.63, 3.8) is 0 Å². The van der Waals surface area contributed by atoms with E-state index in [2.05, 4.69) is 5.32 Å². The van der Waals surface area contributed by atoms with E-state index >= 15 is 0 Å². The molecule has 1 aromatic rings. The third-order valence-corrected chi connectivity index (χ3v) is 4.43. The van der Waals surface area contributed by atoms with Gasteiger partial charge in [0.2, 0.25) is 11.8 Å². The molecule has 0 radical (unpaired) electrons. The Bertz CT molecular complexity index is 651. The van der Waals surface area contributed by atoms with Crippen LogP contribution in [0.15, 0.2) is 18.2 Å². The summed E-state index contributed by atoms with van der Waals surface area (Å²) in [6.07, 6.45) is -4.41. The van der Waals surface area contributed by atoms with Crippen LogP contribution in [0.2, 0.25) is 0 Å². The van der Waals surface area contributed by atoms with Gasteiger partial charge in [-0.2, -0.15) is 13.2 Å². The number of alkyl halides is 3. The van der Waals surface area contributed by atoms with Gasteiger partial charge in [0.25, 0.3) is 0 Å². The van der Waals surface area contributed by atoms with Gasteiger partial charge in [-0.3, -0.25) is 19.4 Å². The van der Waals surface area contributed by atoms with E-state index in [9.17, 15) is 22.8 Å². The van der Waals surface area contributed by atoms with Crippen molar-refractivity contribution >= 4 is 17.5 Å². The third kappa shape index (κ3) is 7.18. The molecule has 0 saturated carbocycles. The lowest BCUT2D eigenvalue weighted by Gasteiger charge is -2.33. The van der Waals surface area contributed by atoms with Gasteiger partial charge >= 0.3 is 6.18 Å². The molecule has 150 valence electrons. The van der Waals surface area contributed by atoms with Gasteiger partial charge in [-0.05, 0) is 25.0 Å². The molecule has 2 amide bonds. The van der Waals surface area contributed by atoms with Crippen molar-refractivity contribution in [2.45, 2.75) is 20.0 Å². The molecular formula is C18H25F3N4O2. The standard InChI is InChI=1S/C18H25F3N4O2/c1-13-4-3-5-14(2)17(13)23-16(27)11-25-8-6-24(7-9-25)10-15(26)22-12-18(19,20)21/h3-5H,6-12H2,1-2H3,(H,22,26)(H,23,27). The molecule has 1 aromatic carbocycles. The third-order valence-electron chi connectivity index (χ3n) is 4.43. The van der Waals surface area contributed by atoms with Crippen LogP contribution in [0, 0.1) is 13.8 Å². The number of amides is 2. The molecule has 27 heavy (non-hydrogen) atoms. The summed E-state index contributed by atoms with van der Waals surface area (Å²) < 4.78 is 36.3. The number of piperazine rings is 1. The number of hydrogen-bond donors (Lipinski definition) is 2. The Labute approximate surface area is 156 Å². The van der Waals surface area contributed by atoms with E-state index in [4.69, 9.17) is 0 Å². The molecule has 1 aliphatic heterocycles. The summed E-state index contributed by atoms with van der Waals surface area (Å²) in [6.45, 7) is 4.92. The van der Waals surface area contributed by atoms with E-state index < -0.39 is 18.6 Å². The minimum Gasteiger partial charge on any atom is -0.346 e. The molecule has 9 heteroatoms. The van der Waals surface area contributed by atoms with E-state index in [1.807, 2.05) is 42.3 Å². The zero-order valence-electron chi connectivity index (χ0n) is 15.5. The molecule has 1 fully saturated rings. The zero-order valence-corrected chi connectivity index (χ0v) is 15.5. The van der Waals surface area contributed by atoms with Crippen molar-refractivity contribution in [2.75, 3.05) is 51.1 Å². The number of nitrogens with zero attached hydrogens (tertiary/aromatic N) is 2. The quantitative estimate of drug-likeness (QED) is 0.779. The number of para-hydroxylation sites is 1. The molecule has 0 atom stereocenters. The number of hydrogen-bond acceptors (Lipinski definition) is 4. The molecule has 1 aliphatic rings. The number of carbonyl (C=O) groups excluding carboxylic acids is 2. The Morgan fingerprint density at radius 1 is 0.963 bits per heavy atom. The smallest absolute Gasteiger partial charge is 0.346 e. The van der Waals surface area contributed by atoms with Crippen LogP contribution >= 0.6 is 0 Å². The molecule has 1 saturated heterocycles. The second-order valence-corrected chi connectivity index (χ2v) is 6.76. The van der Waals surface area contributed by atoms with Crippen LogP contribution in [-0.2, 0) is 9.59 Å². The molecule has 0 aliphatic carbocycles. The topological polar surface area (TPSA) is 64.7 Å². The Hall–Kier alpha value is -2.13. The molecule has 0 unspecified atom stereocenters. The maximum absolute atomic E-state index is 12.3. The van der Waals surface area contributed by atoms with Crippen LogP contribution < -0.4 is 10.6 Å². The fourth-order valence-electron chi connectivity index (χ4n) is 2.96. The van der Waals surface area contributed by atoms with Crippen LogP contribution in [-0.4, -0.2) is 73.6 Å². The highest BCUT2D eigenvalue weighted by Crippen LogP contribution is 2.19. The van der Waals surface area contributed by atoms with Gasteiger partial charge in [0.1, 0.15) is 6.54 Å². The molecule has 0 spiro atoms. The maximum atomic E-state index is 12.3. The molecular weight excluding hydrogens is 361 g/mol. The number of rotatable bonds is 6. The van der Waals surface area contributed by atoms with Gasteiger partial charge in [0.05, 0.1) is 13.1 Å². The summed E-state index contributed by atoms with van der Waals surface area (Å²) in [6, 6.07) is 5.81. The number of nitrogens with one attached hydrogen (secondary N) is 2. The number of aryl methyl sites for hydroxylation is 2. The highest BCUT2D eigenvalue weighted by molar-refractivity contribution is 5.93. The number of halogens is 3. The predicted molar refractivity (Wildman–Crippen MR) is 96.5 cm³/mol. The van der Waals surface area contributed by atoms with E-state index in [1.54, 1.807) is 4.90 Å². The summed E-state index contributed by atoms with van der Waals surface area (Å²) >= 11 is 0. The van der Waals surface area contributed by atoms with Crippen LogP contribution in [0.25, 0.3) is 0 Å². The molecule has 0 aromatic heterocycles. The summed E-state index contributed by atoms with van der Waals surface area (Å²) in [4.78, 5) is 27.6. The lowest BCUT2D eigenvalue weighted by Crippen LogP contribution is -2.51. The minimum atomic E-state index is -4.41. The molecule has 0 bridgehead atoms. The first-order valence-electron chi connectivity index (χ1n) is 8.78. The van der Waals surface area contributed by atoms with E-state index in [-0.39, 0.29) is 19.0 Å². The van der Waals surface area contributed by atoms with Crippen LogP contribution in [0.1, 0.15) is 11.1 Å². The lowest BCUT2D eigenvalue weighted by atomic mass is 10.1. The maximum Gasteiger partial charge on any atom is 0.405 e. The first-order chi connectivity index (χ1) is 12.6. The van der Waals surface area contributed by atoms with Crippen molar-refractivity contribution in [3.8, 4) is 0 Å².